The second-order valence-electron chi connectivity index (χ2n) is 2.08. The summed E-state index contributed by atoms with van der Waals surface area (Å²) in [6.45, 7) is 5.87. The van der Waals surface area contributed by atoms with Crippen LogP contribution in [0.1, 0.15) is 19.5 Å². The standard InChI is InChI=1S/C7H10N2O.C2H6/c1-5-3-6(8)4-7(9-5)10-2;1-2/h3-4H,1-2H3,(H2,8,9);1-2H3. The maximum Gasteiger partial charge on any atom is 0.215 e. The Balaban J connectivity index is 0.000000561. The van der Waals surface area contributed by atoms with E-state index in [9.17, 15) is 0 Å². The molecule has 1 aromatic heterocycles. The molecule has 3 nitrogen and oxygen atoms in total. The van der Waals surface area contributed by atoms with Crippen molar-refractivity contribution in [1.82, 2.24) is 4.98 Å². The third-order valence-corrected chi connectivity index (χ3v) is 1.16. The highest BCUT2D eigenvalue weighted by atomic mass is 16.5. The van der Waals surface area contributed by atoms with Gasteiger partial charge in [0.1, 0.15) is 0 Å². The first-order chi connectivity index (χ1) is 5.72. The number of nitrogens with two attached hydrogens (primary N) is 1. The van der Waals surface area contributed by atoms with Crippen molar-refractivity contribution < 1.29 is 4.74 Å². The largest absolute Gasteiger partial charge is 0.481 e. The number of aryl methyl sites for hydroxylation is 1. The van der Waals surface area contributed by atoms with Gasteiger partial charge in [0.2, 0.25) is 5.88 Å². The molecule has 0 amide bonds. The Bertz CT molecular complexity index is 216. The normalized spacial score (nSPS) is 8.33. The number of methoxy groups -OCH3 is 1. The molecule has 68 valence electrons. The minimum absolute atomic E-state index is 0.567. The molecule has 1 heterocycles. The summed E-state index contributed by atoms with van der Waals surface area (Å²) in [5.74, 6) is 0.567. The number of rotatable bonds is 1. The molecule has 0 radical (unpaired) electrons. The molecule has 3 heteroatoms. The molecule has 0 aliphatic rings. The summed E-state index contributed by atoms with van der Waals surface area (Å²) < 4.78 is 4.88. The third-order valence-electron chi connectivity index (χ3n) is 1.16. The third kappa shape index (κ3) is 3.23. The molecule has 12 heavy (non-hydrogen) atoms. The summed E-state index contributed by atoms with van der Waals surface area (Å²) >= 11 is 0. The molecular weight excluding hydrogens is 152 g/mol. The van der Waals surface area contributed by atoms with Crippen LogP contribution >= 0.6 is 0 Å². The topological polar surface area (TPSA) is 48.1 Å². The molecule has 0 spiro atoms. The van der Waals surface area contributed by atoms with Crippen molar-refractivity contribution in [2.24, 2.45) is 0 Å². The van der Waals surface area contributed by atoms with Gasteiger partial charge >= 0.3 is 0 Å². The molecule has 0 saturated carbocycles. The molecular formula is C9H16N2O. The van der Waals surface area contributed by atoms with Crippen LogP contribution in [0.2, 0.25) is 0 Å². The first kappa shape index (κ1) is 10.8. The predicted octanol–water partition coefficient (Wildman–Crippen LogP) is 2.01. The van der Waals surface area contributed by atoms with E-state index in [-0.39, 0.29) is 0 Å². The maximum atomic E-state index is 5.52. The van der Waals surface area contributed by atoms with E-state index in [4.69, 9.17) is 10.5 Å². The molecule has 0 aromatic carbocycles. The van der Waals surface area contributed by atoms with Crippen LogP contribution in [0, 0.1) is 6.92 Å². The van der Waals surface area contributed by atoms with Gasteiger partial charge in [-0.3, -0.25) is 0 Å². The predicted molar refractivity (Wildman–Crippen MR) is 51.3 cm³/mol. The van der Waals surface area contributed by atoms with Crippen molar-refractivity contribution >= 4 is 5.69 Å². The van der Waals surface area contributed by atoms with Crippen molar-refractivity contribution in [2.45, 2.75) is 20.8 Å². The lowest BCUT2D eigenvalue weighted by Crippen LogP contribution is -1.93. The smallest absolute Gasteiger partial charge is 0.215 e. The molecule has 0 aliphatic heterocycles. The molecule has 0 bridgehead atoms. The summed E-state index contributed by atoms with van der Waals surface area (Å²) in [7, 11) is 1.57. The summed E-state index contributed by atoms with van der Waals surface area (Å²) in [6, 6.07) is 3.48. The fraction of sp³-hybridized carbons (Fsp3) is 0.444. The quantitative estimate of drug-likeness (QED) is 0.697. The highest BCUT2D eigenvalue weighted by Crippen LogP contribution is 2.12. The van der Waals surface area contributed by atoms with Crippen molar-refractivity contribution in [3.8, 4) is 5.88 Å². The minimum Gasteiger partial charge on any atom is -0.481 e. The van der Waals surface area contributed by atoms with Crippen LogP contribution in [0.25, 0.3) is 0 Å². The highest BCUT2D eigenvalue weighted by Gasteiger charge is 1.94. The Morgan fingerprint density at radius 2 is 1.92 bits per heavy atom. The van der Waals surface area contributed by atoms with Crippen LogP contribution in [0.5, 0.6) is 5.88 Å². The van der Waals surface area contributed by atoms with Crippen molar-refractivity contribution in [2.75, 3.05) is 12.8 Å². The van der Waals surface area contributed by atoms with Crippen LogP contribution in [0.3, 0.4) is 0 Å². The van der Waals surface area contributed by atoms with E-state index in [0.29, 0.717) is 11.6 Å². The summed E-state index contributed by atoms with van der Waals surface area (Å²) in [5, 5.41) is 0. The van der Waals surface area contributed by atoms with E-state index < -0.39 is 0 Å². The number of ether oxygens (including phenoxy) is 1. The van der Waals surface area contributed by atoms with Gasteiger partial charge in [-0.05, 0) is 13.0 Å². The first-order valence-electron chi connectivity index (χ1n) is 4.00. The molecule has 0 fully saturated rings. The SMILES string of the molecule is CC.COc1cc(N)cc(C)n1. The van der Waals surface area contributed by atoms with Crippen LogP contribution in [-0.2, 0) is 0 Å². The second-order valence-corrected chi connectivity index (χ2v) is 2.08. The van der Waals surface area contributed by atoms with E-state index in [0.717, 1.165) is 5.69 Å². The second kappa shape index (κ2) is 5.41. The van der Waals surface area contributed by atoms with Gasteiger partial charge in [0, 0.05) is 17.4 Å². The molecule has 0 aliphatic carbocycles. The molecule has 1 rings (SSSR count). The Morgan fingerprint density at radius 3 is 2.33 bits per heavy atom. The molecule has 0 atom stereocenters. The number of aromatic nitrogens is 1. The lowest BCUT2D eigenvalue weighted by Gasteiger charge is -2.00. The highest BCUT2D eigenvalue weighted by molar-refractivity contribution is 5.41. The number of hydrogen-bond donors (Lipinski definition) is 1. The molecule has 0 unspecified atom stereocenters. The van der Waals surface area contributed by atoms with Gasteiger partial charge in [-0.25, -0.2) is 4.98 Å². The Kier molecular flexibility index (Phi) is 4.84. The van der Waals surface area contributed by atoms with Crippen LogP contribution in [0.4, 0.5) is 5.69 Å². The van der Waals surface area contributed by atoms with E-state index in [2.05, 4.69) is 4.98 Å². The zero-order valence-electron chi connectivity index (χ0n) is 8.09. The number of hydrogen-bond acceptors (Lipinski definition) is 3. The van der Waals surface area contributed by atoms with E-state index >= 15 is 0 Å². The minimum atomic E-state index is 0.567. The molecule has 1 aromatic rings. The van der Waals surface area contributed by atoms with Gasteiger partial charge in [-0.2, -0.15) is 0 Å². The van der Waals surface area contributed by atoms with Gasteiger partial charge in [0.25, 0.3) is 0 Å². The first-order valence-corrected chi connectivity index (χ1v) is 4.00. The lowest BCUT2D eigenvalue weighted by atomic mass is 10.3. The monoisotopic (exact) mass is 168 g/mol. The number of nitrogens with zero attached hydrogens (tertiary/aromatic N) is 1. The average Bonchev–Trinajstić information content (AvgIpc) is 2.06. The number of nitrogen functional groups attached to an aromatic ring is 1. The zero-order valence-corrected chi connectivity index (χ0v) is 8.09. The Labute approximate surface area is 73.6 Å². The van der Waals surface area contributed by atoms with E-state index in [1.165, 1.54) is 0 Å². The lowest BCUT2D eigenvalue weighted by molar-refractivity contribution is 0.397. The van der Waals surface area contributed by atoms with Crippen molar-refractivity contribution in [3.63, 3.8) is 0 Å². The molecule has 2 N–H and O–H groups in total. The molecule has 0 saturated heterocycles. The van der Waals surface area contributed by atoms with E-state index in [1.54, 1.807) is 19.2 Å². The number of anilines is 1. The van der Waals surface area contributed by atoms with Gasteiger partial charge in [-0.15, -0.1) is 0 Å². The van der Waals surface area contributed by atoms with Gasteiger partial charge in [0.05, 0.1) is 7.11 Å². The van der Waals surface area contributed by atoms with Gasteiger partial charge in [0.15, 0.2) is 0 Å². The van der Waals surface area contributed by atoms with Crippen molar-refractivity contribution in [1.29, 1.82) is 0 Å². The maximum absolute atomic E-state index is 5.52. The summed E-state index contributed by atoms with van der Waals surface area (Å²) in [5.41, 5.74) is 7.07. The van der Waals surface area contributed by atoms with Crippen LogP contribution in [0.15, 0.2) is 12.1 Å². The average molecular weight is 168 g/mol. The Morgan fingerprint density at radius 1 is 1.33 bits per heavy atom. The fourth-order valence-corrected chi connectivity index (χ4v) is 0.768. The van der Waals surface area contributed by atoms with Crippen LogP contribution < -0.4 is 10.5 Å². The van der Waals surface area contributed by atoms with Gasteiger partial charge in [-0.1, -0.05) is 13.8 Å². The number of pyridine rings is 1. The zero-order chi connectivity index (χ0) is 9.56. The van der Waals surface area contributed by atoms with Gasteiger partial charge < -0.3 is 10.5 Å². The Hall–Kier alpha value is -1.25. The fourth-order valence-electron chi connectivity index (χ4n) is 0.768. The van der Waals surface area contributed by atoms with Crippen molar-refractivity contribution in [3.05, 3.63) is 17.8 Å². The summed E-state index contributed by atoms with van der Waals surface area (Å²) in [4.78, 5) is 4.05. The van der Waals surface area contributed by atoms with Crippen LogP contribution in [-0.4, -0.2) is 12.1 Å². The summed E-state index contributed by atoms with van der Waals surface area (Å²) in [6.07, 6.45) is 0. The van der Waals surface area contributed by atoms with E-state index in [1.807, 2.05) is 20.8 Å².